The van der Waals surface area contributed by atoms with Crippen molar-refractivity contribution < 1.29 is 19.1 Å². The van der Waals surface area contributed by atoms with Crippen LogP contribution in [0.4, 0.5) is 0 Å². The third-order valence-electron chi connectivity index (χ3n) is 2.09. The van der Waals surface area contributed by atoms with Gasteiger partial charge in [-0.05, 0) is 34.5 Å². The molecule has 2 N–H and O–H groups in total. The highest BCUT2D eigenvalue weighted by Crippen LogP contribution is 2.16. The molecule has 1 amide bonds. The quantitative estimate of drug-likeness (QED) is 0.747. The van der Waals surface area contributed by atoms with Gasteiger partial charge in [-0.2, -0.15) is 0 Å². The molecule has 0 saturated heterocycles. The minimum Gasteiger partial charge on any atom is -0.481 e. The van der Waals surface area contributed by atoms with E-state index in [1.165, 1.54) is 0 Å². The van der Waals surface area contributed by atoms with Crippen LogP contribution in [0.25, 0.3) is 0 Å². The molecule has 0 aliphatic rings. The van der Waals surface area contributed by atoms with E-state index in [0.717, 1.165) is 0 Å². The fourth-order valence-electron chi connectivity index (χ4n) is 1.34. The molecule has 1 unspecified atom stereocenters. The number of carbonyl (C=O) groups excluding carboxylic acids is 1. The summed E-state index contributed by atoms with van der Waals surface area (Å²) in [6, 6.07) is 3.32. The van der Waals surface area contributed by atoms with Crippen LogP contribution >= 0.6 is 15.9 Å². The van der Waals surface area contributed by atoms with Crippen LogP contribution < -0.4 is 5.32 Å². The molecule has 88 valence electrons. The zero-order chi connectivity index (χ0) is 12.0. The second-order valence-corrected chi connectivity index (χ2v) is 4.11. The van der Waals surface area contributed by atoms with Crippen molar-refractivity contribution in [1.29, 1.82) is 0 Å². The molecule has 0 aliphatic heterocycles. The van der Waals surface area contributed by atoms with Gasteiger partial charge < -0.3 is 14.8 Å². The van der Waals surface area contributed by atoms with Gasteiger partial charge in [0.2, 0.25) is 6.41 Å². The molecule has 0 saturated carbocycles. The first-order chi connectivity index (χ1) is 7.61. The number of rotatable bonds is 7. The van der Waals surface area contributed by atoms with Crippen molar-refractivity contribution in [3.63, 3.8) is 0 Å². The van der Waals surface area contributed by atoms with Gasteiger partial charge in [-0.25, -0.2) is 0 Å². The molecule has 1 rings (SSSR count). The summed E-state index contributed by atoms with van der Waals surface area (Å²) in [5.74, 6) is -0.171. The summed E-state index contributed by atoms with van der Waals surface area (Å²) in [5, 5.41) is 11.1. The third kappa shape index (κ3) is 4.48. The second-order valence-electron chi connectivity index (χ2n) is 3.32. The van der Waals surface area contributed by atoms with Crippen molar-refractivity contribution in [1.82, 2.24) is 5.32 Å². The Morgan fingerprint density at radius 3 is 2.88 bits per heavy atom. The third-order valence-corrected chi connectivity index (χ3v) is 2.51. The van der Waals surface area contributed by atoms with Crippen molar-refractivity contribution in [3.8, 4) is 0 Å². The van der Waals surface area contributed by atoms with E-state index in [1.54, 1.807) is 12.1 Å². The molecular formula is C10H12BrNO4. The summed E-state index contributed by atoms with van der Waals surface area (Å²) in [7, 11) is 0. The molecule has 0 bridgehead atoms. The first-order valence-corrected chi connectivity index (χ1v) is 5.57. The number of amides is 1. The Labute approximate surface area is 101 Å². The minimum atomic E-state index is -0.877. The van der Waals surface area contributed by atoms with Crippen LogP contribution in [0, 0.1) is 0 Å². The highest BCUT2D eigenvalue weighted by Gasteiger charge is 2.12. The fraction of sp³-hybridized carbons (Fsp3) is 0.400. The van der Waals surface area contributed by atoms with Crippen LogP contribution in [0.15, 0.2) is 21.2 Å². The molecule has 1 heterocycles. The molecule has 0 aliphatic carbocycles. The van der Waals surface area contributed by atoms with Gasteiger partial charge in [-0.1, -0.05) is 0 Å². The number of aliphatic carboxylic acids is 1. The minimum absolute atomic E-state index is 0.0212. The van der Waals surface area contributed by atoms with E-state index >= 15 is 0 Å². The van der Waals surface area contributed by atoms with Gasteiger partial charge in [-0.3, -0.25) is 9.59 Å². The molecule has 5 nitrogen and oxygen atoms in total. The number of hydrogen-bond acceptors (Lipinski definition) is 3. The Balaban J connectivity index is 2.49. The summed E-state index contributed by atoms with van der Waals surface area (Å²) in [6.45, 7) is 0. The average molecular weight is 290 g/mol. The lowest BCUT2D eigenvalue weighted by molar-refractivity contribution is -0.137. The lowest BCUT2D eigenvalue weighted by Gasteiger charge is -2.13. The molecule has 6 heteroatoms. The van der Waals surface area contributed by atoms with E-state index in [1.807, 2.05) is 0 Å². The number of carbonyl (C=O) groups is 2. The van der Waals surface area contributed by atoms with E-state index in [-0.39, 0.29) is 12.5 Å². The number of carboxylic acid groups (broad SMARTS) is 1. The molecule has 0 radical (unpaired) electrons. The van der Waals surface area contributed by atoms with Crippen LogP contribution in [0.3, 0.4) is 0 Å². The van der Waals surface area contributed by atoms with Crippen molar-refractivity contribution in [2.75, 3.05) is 0 Å². The smallest absolute Gasteiger partial charge is 0.303 e. The van der Waals surface area contributed by atoms with Gasteiger partial charge in [0.15, 0.2) is 4.67 Å². The highest BCUT2D eigenvalue weighted by molar-refractivity contribution is 9.10. The highest BCUT2D eigenvalue weighted by atomic mass is 79.9. The summed E-state index contributed by atoms with van der Waals surface area (Å²) in [5.41, 5.74) is 0. The number of hydrogen-bond donors (Lipinski definition) is 2. The second kappa shape index (κ2) is 6.32. The maximum atomic E-state index is 10.4. The number of halogens is 1. The molecule has 1 aromatic heterocycles. The van der Waals surface area contributed by atoms with Crippen molar-refractivity contribution in [2.45, 2.75) is 25.3 Å². The van der Waals surface area contributed by atoms with E-state index in [9.17, 15) is 9.59 Å². The van der Waals surface area contributed by atoms with Crippen molar-refractivity contribution >= 4 is 28.3 Å². The normalized spacial score (nSPS) is 12.1. The first-order valence-electron chi connectivity index (χ1n) is 4.77. The van der Waals surface area contributed by atoms with Crippen LogP contribution in [0.1, 0.15) is 18.6 Å². The zero-order valence-electron chi connectivity index (χ0n) is 8.48. The van der Waals surface area contributed by atoms with Gasteiger partial charge in [0, 0.05) is 18.9 Å². The first kappa shape index (κ1) is 12.8. The van der Waals surface area contributed by atoms with Gasteiger partial charge in [0.25, 0.3) is 0 Å². The number of carboxylic acids is 1. The van der Waals surface area contributed by atoms with Gasteiger partial charge in [-0.15, -0.1) is 0 Å². The van der Waals surface area contributed by atoms with Crippen molar-refractivity contribution in [3.05, 3.63) is 22.6 Å². The van der Waals surface area contributed by atoms with Gasteiger partial charge in [0.1, 0.15) is 5.76 Å². The Morgan fingerprint density at radius 1 is 1.62 bits per heavy atom. The van der Waals surface area contributed by atoms with Crippen LogP contribution in [-0.2, 0) is 16.0 Å². The SMILES string of the molecule is O=CNC(CCC(=O)O)Cc1ccc(Br)o1. The van der Waals surface area contributed by atoms with E-state index in [0.29, 0.717) is 29.7 Å². The molecule has 0 spiro atoms. The molecule has 0 fully saturated rings. The Morgan fingerprint density at radius 2 is 2.38 bits per heavy atom. The lowest BCUT2D eigenvalue weighted by atomic mass is 10.1. The molecular weight excluding hydrogens is 278 g/mol. The maximum Gasteiger partial charge on any atom is 0.303 e. The molecule has 1 aromatic rings. The van der Waals surface area contributed by atoms with Crippen LogP contribution in [-0.4, -0.2) is 23.5 Å². The van der Waals surface area contributed by atoms with E-state index in [2.05, 4.69) is 21.2 Å². The maximum absolute atomic E-state index is 10.4. The standard InChI is InChI=1S/C10H12BrNO4/c11-9-3-2-8(16-9)5-7(12-6-13)1-4-10(14)15/h2-3,6-7H,1,4-5H2,(H,12,13)(H,14,15). The number of furan rings is 1. The lowest BCUT2D eigenvalue weighted by Crippen LogP contribution is -2.30. The predicted molar refractivity (Wildman–Crippen MR) is 60.0 cm³/mol. The summed E-state index contributed by atoms with van der Waals surface area (Å²) in [4.78, 5) is 20.8. The molecule has 0 aromatic carbocycles. The summed E-state index contributed by atoms with van der Waals surface area (Å²) < 4.78 is 5.90. The Bertz CT molecular complexity index is 363. The monoisotopic (exact) mass is 289 g/mol. The fourth-order valence-corrected chi connectivity index (χ4v) is 1.68. The largest absolute Gasteiger partial charge is 0.481 e. The summed E-state index contributed by atoms with van der Waals surface area (Å²) >= 11 is 3.17. The number of nitrogens with one attached hydrogen (secondary N) is 1. The predicted octanol–water partition coefficient (Wildman–Crippen LogP) is 1.56. The zero-order valence-corrected chi connectivity index (χ0v) is 10.1. The average Bonchev–Trinajstić information content (AvgIpc) is 2.61. The van der Waals surface area contributed by atoms with E-state index in [4.69, 9.17) is 9.52 Å². The van der Waals surface area contributed by atoms with Crippen molar-refractivity contribution in [2.24, 2.45) is 0 Å². The topological polar surface area (TPSA) is 79.5 Å². The van der Waals surface area contributed by atoms with Gasteiger partial charge in [0.05, 0.1) is 0 Å². The molecule has 16 heavy (non-hydrogen) atoms. The van der Waals surface area contributed by atoms with E-state index < -0.39 is 5.97 Å². The van der Waals surface area contributed by atoms with Crippen LogP contribution in [0.2, 0.25) is 0 Å². The Hall–Kier alpha value is -1.30. The van der Waals surface area contributed by atoms with Crippen LogP contribution in [0.5, 0.6) is 0 Å². The summed E-state index contributed by atoms with van der Waals surface area (Å²) in [6.07, 6.45) is 1.46. The Kier molecular flexibility index (Phi) is 5.04. The van der Waals surface area contributed by atoms with Gasteiger partial charge >= 0.3 is 5.97 Å². The molecule has 1 atom stereocenters.